The van der Waals surface area contributed by atoms with Gasteiger partial charge in [-0.1, -0.05) is 23.7 Å². The van der Waals surface area contributed by atoms with Gasteiger partial charge in [-0.2, -0.15) is 0 Å². The van der Waals surface area contributed by atoms with E-state index in [-0.39, 0.29) is 5.56 Å². The summed E-state index contributed by atoms with van der Waals surface area (Å²) in [7, 11) is 0. The lowest BCUT2D eigenvalue weighted by molar-refractivity contribution is 0.970. The number of pyridine rings is 1. The molecule has 3 rings (SSSR count). The lowest BCUT2D eigenvalue weighted by Crippen LogP contribution is -2.16. The zero-order chi connectivity index (χ0) is 14.8. The minimum absolute atomic E-state index is 0.0831. The molecule has 0 aliphatic rings. The minimum Gasteiger partial charge on any atom is -0.379 e. The molecule has 0 saturated heterocycles. The van der Waals surface area contributed by atoms with Crippen LogP contribution in [-0.2, 0) is 6.54 Å². The number of hydrogen-bond acceptors (Lipinski definition) is 3. The number of rotatable bonds is 3. The fourth-order valence-corrected chi connectivity index (χ4v) is 2.35. The molecular formula is C16H14ClN3O. The first kappa shape index (κ1) is 13.6. The predicted molar refractivity (Wildman–Crippen MR) is 85.0 cm³/mol. The van der Waals surface area contributed by atoms with E-state index in [9.17, 15) is 4.79 Å². The van der Waals surface area contributed by atoms with E-state index >= 15 is 0 Å². The molecule has 2 aromatic heterocycles. The maximum Gasteiger partial charge on any atom is 0.258 e. The summed E-state index contributed by atoms with van der Waals surface area (Å²) in [5.41, 5.74) is 3.18. The highest BCUT2D eigenvalue weighted by Crippen LogP contribution is 2.23. The molecule has 0 fully saturated rings. The van der Waals surface area contributed by atoms with Crippen LogP contribution in [0.15, 0.2) is 53.5 Å². The van der Waals surface area contributed by atoms with Gasteiger partial charge in [-0.05, 0) is 36.8 Å². The van der Waals surface area contributed by atoms with Crippen LogP contribution in [0, 0.1) is 6.92 Å². The van der Waals surface area contributed by atoms with E-state index in [1.807, 2.05) is 43.3 Å². The third-order valence-corrected chi connectivity index (χ3v) is 3.76. The van der Waals surface area contributed by atoms with Gasteiger partial charge in [0.2, 0.25) is 0 Å². The van der Waals surface area contributed by atoms with Gasteiger partial charge in [0.15, 0.2) is 0 Å². The number of anilines is 1. The smallest absolute Gasteiger partial charge is 0.258 e. The van der Waals surface area contributed by atoms with Crippen LogP contribution in [0.25, 0.3) is 5.65 Å². The summed E-state index contributed by atoms with van der Waals surface area (Å²) >= 11 is 6.09. The highest BCUT2D eigenvalue weighted by atomic mass is 35.5. The number of fused-ring (bicyclic) bond motifs is 1. The Kier molecular flexibility index (Phi) is 3.62. The van der Waals surface area contributed by atoms with Gasteiger partial charge in [-0.25, -0.2) is 4.98 Å². The van der Waals surface area contributed by atoms with Crippen molar-refractivity contribution < 1.29 is 0 Å². The summed E-state index contributed by atoms with van der Waals surface area (Å²) in [6.45, 7) is 2.43. The number of halogens is 1. The molecule has 1 aromatic carbocycles. The molecule has 0 amide bonds. The third-order valence-electron chi connectivity index (χ3n) is 3.35. The first-order chi connectivity index (χ1) is 10.1. The molecule has 4 nitrogen and oxygen atoms in total. The maximum absolute atomic E-state index is 12.0. The Morgan fingerprint density at radius 3 is 2.95 bits per heavy atom. The Morgan fingerprint density at radius 1 is 1.24 bits per heavy atom. The molecule has 0 spiro atoms. The second-order valence-corrected chi connectivity index (χ2v) is 5.19. The summed E-state index contributed by atoms with van der Waals surface area (Å²) in [5, 5.41) is 3.98. The molecule has 2 heterocycles. The fraction of sp³-hybridized carbons (Fsp3) is 0.125. The Labute approximate surface area is 127 Å². The number of hydrogen-bond donors (Lipinski definition) is 1. The molecule has 21 heavy (non-hydrogen) atoms. The van der Waals surface area contributed by atoms with Crippen LogP contribution >= 0.6 is 11.6 Å². The fourth-order valence-electron chi connectivity index (χ4n) is 2.18. The average Bonchev–Trinajstić information content (AvgIpc) is 2.49. The molecule has 0 unspecified atom stereocenters. The van der Waals surface area contributed by atoms with Crippen molar-refractivity contribution in [1.29, 1.82) is 0 Å². The molecule has 0 aliphatic carbocycles. The molecule has 0 saturated carbocycles. The molecule has 106 valence electrons. The normalized spacial score (nSPS) is 10.8. The van der Waals surface area contributed by atoms with Gasteiger partial charge in [-0.15, -0.1) is 0 Å². The van der Waals surface area contributed by atoms with Crippen LogP contribution in [0.2, 0.25) is 5.02 Å². The van der Waals surface area contributed by atoms with Gasteiger partial charge in [-0.3, -0.25) is 9.20 Å². The molecule has 3 aromatic rings. The summed E-state index contributed by atoms with van der Waals surface area (Å²) in [4.78, 5) is 16.5. The van der Waals surface area contributed by atoms with Crippen molar-refractivity contribution in [1.82, 2.24) is 9.38 Å². The summed E-state index contributed by atoms with van der Waals surface area (Å²) in [6.07, 6.45) is 1.71. The van der Waals surface area contributed by atoms with Gasteiger partial charge < -0.3 is 5.32 Å². The summed E-state index contributed by atoms with van der Waals surface area (Å²) in [5.74, 6) is 0. The van der Waals surface area contributed by atoms with E-state index in [0.29, 0.717) is 22.9 Å². The second kappa shape index (κ2) is 5.58. The number of nitrogens with zero attached hydrogens (tertiary/aromatic N) is 2. The third kappa shape index (κ3) is 2.76. The Bertz CT molecular complexity index is 858. The van der Waals surface area contributed by atoms with Crippen LogP contribution in [-0.4, -0.2) is 9.38 Å². The maximum atomic E-state index is 12.0. The van der Waals surface area contributed by atoms with E-state index in [0.717, 1.165) is 11.3 Å². The molecule has 1 N–H and O–H groups in total. The quantitative estimate of drug-likeness (QED) is 0.807. The van der Waals surface area contributed by atoms with Crippen molar-refractivity contribution in [2.24, 2.45) is 0 Å². The van der Waals surface area contributed by atoms with Crippen LogP contribution in [0.1, 0.15) is 11.3 Å². The van der Waals surface area contributed by atoms with Crippen molar-refractivity contribution in [3.63, 3.8) is 0 Å². The highest BCUT2D eigenvalue weighted by Gasteiger charge is 2.04. The van der Waals surface area contributed by atoms with E-state index in [2.05, 4.69) is 10.3 Å². The SMILES string of the molecule is Cc1c(Cl)cccc1NCc1cc(=O)n2ccccc2n1. The Hall–Kier alpha value is -2.33. The minimum atomic E-state index is -0.0831. The van der Waals surface area contributed by atoms with Gasteiger partial charge >= 0.3 is 0 Å². The largest absolute Gasteiger partial charge is 0.379 e. The molecule has 5 heteroatoms. The van der Waals surface area contributed by atoms with Gasteiger partial charge in [0.1, 0.15) is 5.65 Å². The number of aromatic nitrogens is 2. The first-order valence-electron chi connectivity index (χ1n) is 6.61. The molecule has 0 atom stereocenters. The van der Waals surface area contributed by atoms with Crippen molar-refractivity contribution in [3.05, 3.63) is 75.3 Å². The van der Waals surface area contributed by atoms with Crippen LogP contribution in [0.4, 0.5) is 5.69 Å². The van der Waals surface area contributed by atoms with Gasteiger partial charge in [0, 0.05) is 23.0 Å². The lowest BCUT2D eigenvalue weighted by Gasteiger charge is -2.10. The Morgan fingerprint density at radius 2 is 2.10 bits per heavy atom. The lowest BCUT2D eigenvalue weighted by atomic mass is 10.2. The van der Waals surface area contributed by atoms with E-state index in [1.54, 1.807) is 12.3 Å². The molecular weight excluding hydrogens is 286 g/mol. The van der Waals surface area contributed by atoms with Crippen LogP contribution in [0.3, 0.4) is 0 Å². The molecule has 0 bridgehead atoms. The number of nitrogens with one attached hydrogen (secondary N) is 1. The standard InChI is InChI=1S/C16H14ClN3O/c1-11-13(17)5-4-6-14(11)18-10-12-9-16(21)20-8-3-2-7-15(20)19-12/h2-9,18H,10H2,1H3. The van der Waals surface area contributed by atoms with E-state index < -0.39 is 0 Å². The monoisotopic (exact) mass is 299 g/mol. The highest BCUT2D eigenvalue weighted by molar-refractivity contribution is 6.31. The van der Waals surface area contributed by atoms with Crippen LogP contribution < -0.4 is 10.9 Å². The molecule has 0 radical (unpaired) electrons. The average molecular weight is 300 g/mol. The van der Waals surface area contributed by atoms with Crippen molar-refractivity contribution in [2.45, 2.75) is 13.5 Å². The number of benzene rings is 1. The van der Waals surface area contributed by atoms with Crippen molar-refractivity contribution in [2.75, 3.05) is 5.32 Å². The van der Waals surface area contributed by atoms with Crippen molar-refractivity contribution in [3.8, 4) is 0 Å². The zero-order valence-corrected chi connectivity index (χ0v) is 12.3. The van der Waals surface area contributed by atoms with E-state index in [4.69, 9.17) is 11.6 Å². The zero-order valence-electron chi connectivity index (χ0n) is 11.5. The topological polar surface area (TPSA) is 46.4 Å². The van der Waals surface area contributed by atoms with Gasteiger partial charge in [0.05, 0.1) is 12.2 Å². The summed E-state index contributed by atoms with van der Waals surface area (Å²) < 4.78 is 1.52. The Balaban J connectivity index is 1.89. The van der Waals surface area contributed by atoms with Crippen LogP contribution in [0.5, 0.6) is 0 Å². The summed E-state index contributed by atoms with van der Waals surface area (Å²) in [6, 6.07) is 12.7. The van der Waals surface area contributed by atoms with Crippen molar-refractivity contribution >= 4 is 22.9 Å². The van der Waals surface area contributed by atoms with Gasteiger partial charge in [0.25, 0.3) is 5.56 Å². The predicted octanol–water partition coefficient (Wildman–Crippen LogP) is 3.27. The van der Waals surface area contributed by atoms with E-state index in [1.165, 1.54) is 4.40 Å². The first-order valence-corrected chi connectivity index (χ1v) is 6.99. The second-order valence-electron chi connectivity index (χ2n) is 4.78. The molecule has 0 aliphatic heterocycles.